The molecule has 1 atom stereocenters. The van der Waals surface area contributed by atoms with Crippen LogP contribution in [-0.4, -0.2) is 38.7 Å². The van der Waals surface area contributed by atoms with Crippen LogP contribution in [0.5, 0.6) is 0 Å². The molecule has 2 N–H and O–H groups in total. The molecule has 0 aliphatic rings. The van der Waals surface area contributed by atoms with E-state index in [4.69, 9.17) is 0 Å². The van der Waals surface area contributed by atoms with E-state index in [0.717, 1.165) is 28.1 Å². The third-order valence-electron chi connectivity index (χ3n) is 4.78. The lowest BCUT2D eigenvalue weighted by atomic mass is 9.97. The Morgan fingerprint density at radius 3 is 2.50 bits per heavy atom. The van der Waals surface area contributed by atoms with Crippen molar-refractivity contribution < 1.29 is 9.90 Å². The molecule has 6 nitrogen and oxygen atoms in total. The Bertz CT molecular complexity index is 964. The lowest BCUT2D eigenvalue weighted by Gasteiger charge is -2.18. The number of hydrogen-bond acceptors (Lipinski definition) is 4. The fourth-order valence-electron chi connectivity index (χ4n) is 3.12. The van der Waals surface area contributed by atoms with Crippen LogP contribution in [0.25, 0.3) is 16.8 Å². The molecule has 0 bridgehead atoms. The van der Waals surface area contributed by atoms with E-state index in [-0.39, 0.29) is 24.5 Å². The highest BCUT2D eigenvalue weighted by Gasteiger charge is 2.20. The van der Waals surface area contributed by atoms with Crippen LogP contribution in [0.2, 0.25) is 0 Å². The fraction of sp³-hybridized carbons (Fsp3) is 0.318. The summed E-state index contributed by atoms with van der Waals surface area (Å²) in [5.41, 5.74) is 5.11. The van der Waals surface area contributed by atoms with Crippen molar-refractivity contribution in [1.82, 2.24) is 20.3 Å². The molecular weight excluding hydrogens is 352 g/mol. The van der Waals surface area contributed by atoms with Crippen LogP contribution in [0.4, 0.5) is 0 Å². The number of aromatic nitrogens is 3. The number of carbonyl (C=O) groups excluding carboxylic acids is 1. The molecular formula is C22H26N4O2. The van der Waals surface area contributed by atoms with Crippen LogP contribution in [0.1, 0.15) is 48.3 Å². The van der Waals surface area contributed by atoms with E-state index in [1.54, 1.807) is 17.8 Å². The van der Waals surface area contributed by atoms with Gasteiger partial charge in [0.15, 0.2) is 0 Å². The smallest absolute Gasteiger partial charge is 0.251 e. The lowest BCUT2D eigenvalue weighted by molar-refractivity contribution is 0.0921. The van der Waals surface area contributed by atoms with Crippen LogP contribution >= 0.6 is 0 Å². The zero-order valence-corrected chi connectivity index (χ0v) is 16.7. The van der Waals surface area contributed by atoms with E-state index in [1.165, 1.54) is 0 Å². The Morgan fingerprint density at radius 1 is 1.14 bits per heavy atom. The summed E-state index contributed by atoms with van der Waals surface area (Å²) in [6.45, 7) is 7.73. The summed E-state index contributed by atoms with van der Waals surface area (Å²) in [6, 6.07) is 13.5. The highest BCUT2D eigenvalue weighted by molar-refractivity contribution is 5.98. The Morgan fingerprint density at radius 2 is 1.86 bits per heavy atom. The van der Waals surface area contributed by atoms with Gasteiger partial charge in [0, 0.05) is 11.6 Å². The molecule has 0 aliphatic heterocycles. The van der Waals surface area contributed by atoms with Crippen molar-refractivity contribution in [2.45, 2.75) is 39.7 Å². The van der Waals surface area contributed by atoms with Gasteiger partial charge >= 0.3 is 0 Å². The van der Waals surface area contributed by atoms with Crippen LogP contribution < -0.4 is 5.32 Å². The molecule has 3 aromatic rings. The monoisotopic (exact) mass is 378 g/mol. The number of aliphatic hydroxyl groups excluding tert-OH is 1. The predicted octanol–water partition coefficient (Wildman–Crippen LogP) is 3.48. The number of hydrogen-bond donors (Lipinski definition) is 2. The molecule has 6 heteroatoms. The van der Waals surface area contributed by atoms with Crippen molar-refractivity contribution in [3.8, 4) is 16.8 Å². The topological polar surface area (TPSA) is 80.0 Å². The van der Waals surface area contributed by atoms with Gasteiger partial charge in [-0.15, -0.1) is 5.10 Å². The van der Waals surface area contributed by atoms with Gasteiger partial charge in [-0.3, -0.25) is 4.79 Å². The highest BCUT2D eigenvalue weighted by atomic mass is 16.3. The summed E-state index contributed by atoms with van der Waals surface area (Å²) >= 11 is 0. The molecule has 2 aromatic carbocycles. The molecule has 0 saturated carbocycles. The summed E-state index contributed by atoms with van der Waals surface area (Å²) in [4.78, 5) is 12.9. The van der Waals surface area contributed by atoms with E-state index in [2.05, 4.69) is 29.5 Å². The lowest BCUT2D eigenvalue weighted by Crippen LogP contribution is -2.35. The molecule has 0 aliphatic carbocycles. The molecule has 1 amide bonds. The van der Waals surface area contributed by atoms with Gasteiger partial charge in [-0.25, -0.2) is 4.68 Å². The summed E-state index contributed by atoms with van der Waals surface area (Å²) in [6.07, 6.45) is 1.76. The van der Waals surface area contributed by atoms with E-state index >= 15 is 0 Å². The second-order valence-corrected chi connectivity index (χ2v) is 7.32. The Balaban J connectivity index is 2.19. The molecule has 0 saturated heterocycles. The predicted molar refractivity (Wildman–Crippen MR) is 110 cm³/mol. The number of rotatable bonds is 6. The minimum Gasteiger partial charge on any atom is -0.394 e. The zero-order chi connectivity index (χ0) is 20.3. The van der Waals surface area contributed by atoms with Gasteiger partial charge in [0.25, 0.3) is 5.91 Å². The van der Waals surface area contributed by atoms with Crippen molar-refractivity contribution in [2.24, 2.45) is 0 Å². The second kappa shape index (κ2) is 8.35. The van der Waals surface area contributed by atoms with Gasteiger partial charge in [0.2, 0.25) is 0 Å². The third-order valence-corrected chi connectivity index (χ3v) is 4.78. The van der Waals surface area contributed by atoms with Crippen LogP contribution in [0, 0.1) is 6.92 Å². The van der Waals surface area contributed by atoms with Crippen LogP contribution in [-0.2, 0) is 0 Å². The maximum Gasteiger partial charge on any atom is 0.251 e. The largest absolute Gasteiger partial charge is 0.394 e. The second-order valence-electron chi connectivity index (χ2n) is 7.32. The normalized spacial score (nSPS) is 12.2. The number of nitrogens with one attached hydrogen (secondary N) is 1. The van der Waals surface area contributed by atoms with E-state index < -0.39 is 0 Å². The maximum absolute atomic E-state index is 12.9. The Kier molecular flexibility index (Phi) is 5.90. The number of carbonyl (C=O) groups is 1. The quantitative estimate of drug-likeness (QED) is 0.688. The zero-order valence-electron chi connectivity index (χ0n) is 16.7. The molecule has 1 heterocycles. The summed E-state index contributed by atoms with van der Waals surface area (Å²) in [5.74, 6) is 0.0192. The molecule has 3 rings (SSSR count). The number of benzene rings is 2. The third kappa shape index (κ3) is 3.97. The van der Waals surface area contributed by atoms with Gasteiger partial charge in [-0.05, 0) is 48.6 Å². The summed E-state index contributed by atoms with van der Waals surface area (Å²) in [5, 5.41) is 20.5. The maximum atomic E-state index is 12.9. The standard InChI is InChI=1S/C22H26N4O2/c1-14(2)21-12-23-25-26(21)20-11-18(17-8-6-5-7-9-17)10-19(16(20)4)22(28)24-15(3)13-27/h5-12,14-15,27H,13H2,1-4H3,(H,24,28). The molecule has 28 heavy (non-hydrogen) atoms. The van der Waals surface area contributed by atoms with Crippen molar-refractivity contribution in [1.29, 1.82) is 0 Å². The molecule has 0 spiro atoms. The van der Waals surface area contributed by atoms with Crippen LogP contribution in [0.15, 0.2) is 48.7 Å². The average molecular weight is 378 g/mol. The first-order valence-corrected chi connectivity index (χ1v) is 9.45. The molecule has 1 aromatic heterocycles. The summed E-state index contributed by atoms with van der Waals surface area (Å²) < 4.78 is 1.80. The molecule has 146 valence electrons. The van der Waals surface area contributed by atoms with Crippen molar-refractivity contribution >= 4 is 5.91 Å². The average Bonchev–Trinajstić information content (AvgIpc) is 3.18. The highest BCUT2D eigenvalue weighted by Crippen LogP contribution is 2.29. The molecule has 1 unspecified atom stereocenters. The van der Waals surface area contributed by atoms with Crippen molar-refractivity contribution in [3.05, 3.63) is 65.5 Å². The minimum absolute atomic E-state index is 0.114. The van der Waals surface area contributed by atoms with E-state index in [1.807, 2.05) is 49.4 Å². The SMILES string of the molecule is Cc1c(C(=O)NC(C)CO)cc(-c2ccccc2)cc1-n1nncc1C(C)C. The minimum atomic E-state index is -0.326. The summed E-state index contributed by atoms with van der Waals surface area (Å²) in [7, 11) is 0. The van der Waals surface area contributed by atoms with E-state index in [0.29, 0.717) is 5.56 Å². The van der Waals surface area contributed by atoms with Gasteiger partial charge in [-0.1, -0.05) is 49.4 Å². The molecule has 0 fully saturated rings. The molecule has 0 radical (unpaired) electrons. The van der Waals surface area contributed by atoms with Gasteiger partial charge in [0.1, 0.15) is 0 Å². The van der Waals surface area contributed by atoms with Gasteiger partial charge < -0.3 is 10.4 Å². The number of nitrogens with zero attached hydrogens (tertiary/aromatic N) is 3. The fourth-order valence-corrected chi connectivity index (χ4v) is 3.12. The first-order chi connectivity index (χ1) is 13.4. The van der Waals surface area contributed by atoms with E-state index in [9.17, 15) is 9.90 Å². The van der Waals surface area contributed by atoms with Crippen molar-refractivity contribution in [3.63, 3.8) is 0 Å². The van der Waals surface area contributed by atoms with Crippen LogP contribution in [0.3, 0.4) is 0 Å². The number of amides is 1. The van der Waals surface area contributed by atoms with Crippen molar-refractivity contribution in [2.75, 3.05) is 6.61 Å². The van der Waals surface area contributed by atoms with Gasteiger partial charge in [-0.2, -0.15) is 0 Å². The first kappa shape index (κ1) is 19.8. The number of aliphatic hydroxyl groups is 1. The Hall–Kier alpha value is -2.99. The van der Waals surface area contributed by atoms with Gasteiger partial charge in [0.05, 0.1) is 24.2 Å². The first-order valence-electron chi connectivity index (χ1n) is 9.45. The Labute approximate surface area is 165 Å².